The smallest absolute Gasteiger partial charge is 0.254 e. The van der Waals surface area contributed by atoms with E-state index in [1.54, 1.807) is 11.8 Å². The van der Waals surface area contributed by atoms with Crippen LogP contribution in [0, 0.1) is 6.92 Å². The lowest BCUT2D eigenvalue weighted by atomic mass is 10.0. The molecule has 84 valence electrons. The molecule has 0 aliphatic heterocycles. The average molecular weight is 226 g/mol. The third-order valence-corrected chi connectivity index (χ3v) is 3.10. The summed E-state index contributed by atoms with van der Waals surface area (Å²) in [6.07, 6.45) is 0. The standard InChI is InChI=1S/C11H18N2OS/c1-5-15-6-9-12-8(4)10(7(2)3)11(14)13-9/h7H,5-6H2,1-4H3,(H,12,13,14). The summed E-state index contributed by atoms with van der Waals surface area (Å²) >= 11 is 1.76. The van der Waals surface area contributed by atoms with E-state index in [0.717, 1.165) is 28.6 Å². The van der Waals surface area contributed by atoms with Gasteiger partial charge in [-0.2, -0.15) is 11.8 Å². The summed E-state index contributed by atoms with van der Waals surface area (Å²) in [6.45, 7) is 8.03. The number of nitrogens with zero attached hydrogens (tertiary/aromatic N) is 1. The minimum Gasteiger partial charge on any atom is -0.310 e. The molecule has 0 spiro atoms. The van der Waals surface area contributed by atoms with Crippen LogP contribution in [0.2, 0.25) is 0 Å². The second-order valence-corrected chi connectivity index (χ2v) is 5.08. The quantitative estimate of drug-likeness (QED) is 0.857. The van der Waals surface area contributed by atoms with Crippen molar-refractivity contribution in [1.29, 1.82) is 0 Å². The van der Waals surface area contributed by atoms with E-state index in [1.807, 2.05) is 20.8 Å². The van der Waals surface area contributed by atoms with Crippen LogP contribution in [0.1, 0.15) is 43.8 Å². The van der Waals surface area contributed by atoms with E-state index >= 15 is 0 Å². The number of hydrogen-bond acceptors (Lipinski definition) is 3. The van der Waals surface area contributed by atoms with Crippen LogP contribution in [-0.2, 0) is 5.75 Å². The van der Waals surface area contributed by atoms with Crippen molar-refractivity contribution >= 4 is 11.8 Å². The van der Waals surface area contributed by atoms with Crippen molar-refractivity contribution in [2.45, 2.75) is 39.4 Å². The molecular weight excluding hydrogens is 208 g/mol. The van der Waals surface area contributed by atoms with Crippen molar-refractivity contribution in [3.63, 3.8) is 0 Å². The van der Waals surface area contributed by atoms with Gasteiger partial charge in [0, 0.05) is 11.3 Å². The molecule has 0 fully saturated rings. The molecular formula is C11H18N2OS. The van der Waals surface area contributed by atoms with Crippen LogP contribution >= 0.6 is 11.8 Å². The summed E-state index contributed by atoms with van der Waals surface area (Å²) < 4.78 is 0. The highest BCUT2D eigenvalue weighted by Gasteiger charge is 2.10. The van der Waals surface area contributed by atoms with Gasteiger partial charge in [-0.3, -0.25) is 4.79 Å². The molecule has 3 nitrogen and oxygen atoms in total. The van der Waals surface area contributed by atoms with Gasteiger partial charge in [-0.05, 0) is 18.6 Å². The lowest BCUT2D eigenvalue weighted by Gasteiger charge is -2.09. The van der Waals surface area contributed by atoms with E-state index in [9.17, 15) is 4.79 Å². The molecule has 1 rings (SSSR count). The molecule has 0 aromatic carbocycles. The number of aromatic amines is 1. The number of aryl methyl sites for hydroxylation is 1. The maximum atomic E-state index is 11.8. The summed E-state index contributed by atoms with van der Waals surface area (Å²) in [4.78, 5) is 19.0. The Morgan fingerprint density at radius 2 is 2.13 bits per heavy atom. The third kappa shape index (κ3) is 3.09. The van der Waals surface area contributed by atoms with Gasteiger partial charge in [0.05, 0.1) is 5.75 Å². The predicted molar refractivity (Wildman–Crippen MR) is 65.5 cm³/mol. The van der Waals surface area contributed by atoms with E-state index in [2.05, 4.69) is 16.9 Å². The zero-order chi connectivity index (χ0) is 11.4. The average Bonchev–Trinajstić information content (AvgIpc) is 2.12. The Bertz CT molecular complexity index is 385. The first kappa shape index (κ1) is 12.3. The molecule has 1 heterocycles. The fraction of sp³-hybridized carbons (Fsp3) is 0.636. The summed E-state index contributed by atoms with van der Waals surface area (Å²) in [5, 5.41) is 0. The van der Waals surface area contributed by atoms with Gasteiger partial charge in [0.2, 0.25) is 0 Å². The first-order valence-electron chi connectivity index (χ1n) is 5.23. The second kappa shape index (κ2) is 5.35. The van der Waals surface area contributed by atoms with Crippen LogP contribution in [0.15, 0.2) is 4.79 Å². The molecule has 0 radical (unpaired) electrons. The van der Waals surface area contributed by atoms with Gasteiger partial charge in [0.25, 0.3) is 5.56 Å². The van der Waals surface area contributed by atoms with Crippen LogP contribution in [0.25, 0.3) is 0 Å². The summed E-state index contributed by atoms with van der Waals surface area (Å²) in [6, 6.07) is 0. The van der Waals surface area contributed by atoms with E-state index in [1.165, 1.54) is 0 Å². The Morgan fingerprint density at radius 3 is 2.60 bits per heavy atom. The molecule has 15 heavy (non-hydrogen) atoms. The van der Waals surface area contributed by atoms with Crippen LogP contribution in [-0.4, -0.2) is 15.7 Å². The van der Waals surface area contributed by atoms with Crippen LogP contribution < -0.4 is 5.56 Å². The maximum absolute atomic E-state index is 11.8. The largest absolute Gasteiger partial charge is 0.310 e. The van der Waals surface area contributed by atoms with Crippen molar-refractivity contribution in [2.24, 2.45) is 0 Å². The van der Waals surface area contributed by atoms with Gasteiger partial charge < -0.3 is 4.98 Å². The molecule has 0 bridgehead atoms. The Kier molecular flexibility index (Phi) is 4.39. The second-order valence-electron chi connectivity index (χ2n) is 3.80. The predicted octanol–water partition coefficient (Wildman–Crippen LogP) is 2.45. The van der Waals surface area contributed by atoms with Crippen LogP contribution in [0.5, 0.6) is 0 Å². The summed E-state index contributed by atoms with van der Waals surface area (Å²) in [5.41, 5.74) is 1.69. The minimum absolute atomic E-state index is 0.0178. The number of nitrogens with one attached hydrogen (secondary N) is 1. The number of hydrogen-bond donors (Lipinski definition) is 1. The van der Waals surface area contributed by atoms with E-state index in [4.69, 9.17) is 0 Å². The third-order valence-electron chi connectivity index (χ3n) is 2.22. The van der Waals surface area contributed by atoms with Gasteiger partial charge in [0.15, 0.2) is 0 Å². The highest BCUT2D eigenvalue weighted by atomic mass is 32.2. The lowest BCUT2D eigenvalue weighted by molar-refractivity contribution is 0.799. The Balaban J connectivity index is 3.03. The number of thioether (sulfide) groups is 1. The van der Waals surface area contributed by atoms with Crippen molar-refractivity contribution in [3.8, 4) is 0 Å². The monoisotopic (exact) mass is 226 g/mol. The Hall–Kier alpha value is -0.770. The zero-order valence-electron chi connectivity index (χ0n) is 9.76. The highest BCUT2D eigenvalue weighted by Crippen LogP contribution is 2.13. The first-order valence-corrected chi connectivity index (χ1v) is 6.39. The number of H-pyrrole nitrogens is 1. The summed E-state index contributed by atoms with van der Waals surface area (Å²) in [7, 11) is 0. The zero-order valence-corrected chi connectivity index (χ0v) is 10.6. The lowest BCUT2D eigenvalue weighted by Crippen LogP contribution is -2.19. The van der Waals surface area contributed by atoms with Gasteiger partial charge in [-0.1, -0.05) is 20.8 Å². The Labute approximate surface area is 94.7 Å². The van der Waals surface area contributed by atoms with Crippen molar-refractivity contribution < 1.29 is 0 Å². The molecule has 4 heteroatoms. The van der Waals surface area contributed by atoms with Gasteiger partial charge >= 0.3 is 0 Å². The molecule has 0 aliphatic carbocycles. The molecule has 0 unspecified atom stereocenters. The molecule has 1 aromatic rings. The van der Waals surface area contributed by atoms with Crippen LogP contribution in [0.4, 0.5) is 0 Å². The van der Waals surface area contributed by atoms with Gasteiger partial charge in [-0.25, -0.2) is 4.98 Å². The van der Waals surface area contributed by atoms with Gasteiger partial charge in [0.1, 0.15) is 5.82 Å². The topological polar surface area (TPSA) is 45.8 Å². The van der Waals surface area contributed by atoms with E-state index in [-0.39, 0.29) is 11.5 Å². The fourth-order valence-electron chi connectivity index (χ4n) is 1.60. The Morgan fingerprint density at radius 1 is 1.47 bits per heavy atom. The van der Waals surface area contributed by atoms with E-state index < -0.39 is 0 Å². The van der Waals surface area contributed by atoms with E-state index in [0.29, 0.717) is 0 Å². The number of rotatable bonds is 4. The van der Waals surface area contributed by atoms with Crippen molar-refractivity contribution in [1.82, 2.24) is 9.97 Å². The first-order chi connectivity index (χ1) is 7.06. The molecule has 0 amide bonds. The molecule has 0 saturated heterocycles. The molecule has 1 N–H and O–H groups in total. The molecule has 1 aromatic heterocycles. The highest BCUT2D eigenvalue weighted by molar-refractivity contribution is 7.98. The molecule has 0 atom stereocenters. The van der Waals surface area contributed by atoms with Gasteiger partial charge in [-0.15, -0.1) is 0 Å². The number of aromatic nitrogens is 2. The maximum Gasteiger partial charge on any atom is 0.254 e. The summed E-state index contributed by atoms with van der Waals surface area (Å²) in [5.74, 6) is 2.84. The van der Waals surface area contributed by atoms with Crippen molar-refractivity contribution in [3.05, 3.63) is 27.4 Å². The molecule has 0 saturated carbocycles. The van der Waals surface area contributed by atoms with Crippen molar-refractivity contribution in [2.75, 3.05) is 5.75 Å². The normalized spacial score (nSPS) is 11.0. The van der Waals surface area contributed by atoms with Crippen LogP contribution in [0.3, 0.4) is 0 Å². The SMILES string of the molecule is CCSCc1nc(C)c(C(C)C)c(=O)[nH]1. The fourth-order valence-corrected chi connectivity index (χ4v) is 2.13. The molecule has 0 aliphatic rings. The minimum atomic E-state index is 0.0178.